The van der Waals surface area contributed by atoms with E-state index in [0.29, 0.717) is 24.2 Å². The topological polar surface area (TPSA) is 38.3 Å². The van der Waals surface area contributed by atoms with Crippen LogP contribution in [-0.4, -0.2) is 25.5 Å². The number of carbonyl (C=O) groups excluding carboxylic acids is 1. The fourth-order valence-corrected chi connectivity index (χ4v) is 2.47. The van der Waals surface area contributed by atoms with Gasteiger partial charge in [-0.05, 0) is 24.1 Å². The Bertz CT molecular complexity index is 491. The van der Waals surface area contributed by atoms with Gasteiger partial charge >= 0.3 is 0 Å². The number of alkyl halides is 2. The van der Waals surface area contributed by atoms with E-state index in [0.717, 1.165) is 0 Å². The molecule has 0 aromatic heterocycles. The molecule has 20 heavy (non-hydrogen) atoms. The van der Waals surface area contributed by atoms with Gasteiger partial charge in [-0.25, -0.2) is 8.78 Å². The van der Waals surface area contributed by atoms with Crippen LogP contribution >= 0.6 is 0 Å². The highest BCUT2D eigenvalue weighted by Gasteiger charge is 2.68. The molecule has 1 aromatic carbocycles. The van der Waals surface area contributed by atoms with Crippen LogP contribution in [0.3, 0.4) is 0 Å². The van der Waals surface area contributed by atoms with Gasteiger partial charge in [0, 0.05) is 13.0 Å². The predicted molar refractivity (Wildman–Crippen MR) is 72.1 cm³/mol. The summed E-state index contributed by atoms with van der Waals surface area (Å²) < 4.78 is 32.7. The maximum Gasteiger partial charge on any atom is 0.260 e. The molecule has 1 aliphatic carbocycles. The number of methoxy groups -OCH3 is 1. The molecule has 2 atom stereocenters. The molecule has 3 nitrogen and oxygen atoms in total. The Balaban J connectivity index is 2.00. The summed E-state index contributed by atoms with van der Waals surface area (Å²) in [6, 6.07) is 6.73. The first-order valence-electron chi connectivity index (χ1n) is 6.79. The van der Waals surface area contributed by atoms with E-state index < -0.39 is 17.8 Å². The van der Waals surface area contributed by atoms with Crippen molar-refractivity contribution in [1.82, 2.24) is 5.32 Å². The van der Waals surface area contributed by atoms with Crippen LogP contribution in [0.5, 0.6) is 5.75 Å². The Morgan fingerprint density at radius 1 is 1.45 bits per heavy atom. The highest BCUT2D eigenvalue weighted by atomic mass is 19.3. The molecule has 2 unspecified atom stereocenters. The van der Waals surface area contributed by atoms with Crippen LogP contribution in [0.4, 0.5) is 8.78 Å². The third-order valence-corrected chi connectivity index (χ3v) is 3.65. The third kappa shape index (κ3) is 2.92. The second-order valence-corrected chi connectivity index (χ2v) is 5.09. The highest BCUT2D eigenvalue weighted by Crippen LogP contribution is 2.61. The van der Waals surface area contributed by atoms with Gasteiger partial charge in [0.25, 0.3) is 5.92 Å². The number of carbonyl (C=O) groups is 1. The minimum Gasteiger partial charge on any atom is -0.497 e. The van der Waals surface area contributed by atoms with Gasteiger partial charge in [0.2, 0.25) is 5.91 Å². The predicted octanol–water partition coefficient (Wildman–Crippen LogP) is 2.96. The van der Waals surface area contributed by atoms with Crippen LogP contribution in [0.2, 0.25) is 0 Å². The maximum atomic E-state index is 13.8. The summed E-state index contributed by atoms with van der Waals surface area (Å²) in [6.45, 7) is 1.90. The molecule has 1 saturated carbocycles. The number of hydrogen-bond donors (Lipinski definition) is 1. The monoisotopic (exact) mass is 283 g/mol. The summed E-state index contributed by atoms with van der Waals surface area (Å²) in [4.78, 5) is 11.4. The lowest BCUT2D eigenvalue weighted by molar-refractivity contribution is -0.121. The van der Waals surface area contributed by atoms with Gasteiger partial charge in [-0.3, -0.25) is 4.79 Å². The average Bonchev–Trinajstić information content (AvgIpc) is 2.98. The zero-order chi connectivity index (χ0) is 14.8. The molecule has 1 aliphatic rings. The zero-order valence-corrected chi connectivity index (χ0v) is 11.7. The highest BCUT2D eigenvalue weighted by molar-refractivity contribution is 5.75. The van der Waals surface area contributed by atoms with E-state index in [1.165, 1.54) is 7.11 Å². The number of rotatable bonds is 6. The smallest absolute Gasteiger partial charge is 0.260 e. The molecule has 0 aliphatic heterocycles. The lowest BCUT2D eigenvalue weighted by atomic mass is 10.1. The summed E-state index contributed by atoms with van der Waals surface area (Å²) in [5.74, 6) is -4.01. The van der Waals surface area contributed by atoms with Gasteiger partial charge in [0.15, 0.2) is 0 Å². The SMILES string of the molecule is CCCC(=O)NCC1C(c2cccc(OC)c2)C1(F)F. The van der Waals surface area contributed by atoms with Crippen LogP contribution in [0.1, 0.15) is 31.2 Å². The van der Waals surface area contributed by atoms with Gasteiger partial charge in [-0.2, -0.15) is 0 Å². The molecular formula is C15H19F2NO2. The molecule has 0 radical (unpaired) electrons. The van der Waals surface area contributed by atoms with E-state index in [9.17, 15) is 13.6 Å². The summed E-state index contributed by atoms with van der Waals surface area (Å²) in [7, 11) is 1.51. The van der Waals surface area contributed by atoms with E-state index in [4.69, 9.17) is 4.74 Å². The van der Waals surface area contributed by atoms with Crippen molar-refractivity contribution in [2.75, 3.05) is 13.7 Å². The molecule has 5 heteroatoms. The fraction of sp³-hybridized carbons (Fsp3) is 0.533. The Morgan fingerprint density at radius 3 is 2.85 bits per heavy atom. The molecule has 2 rings (SSSR count). The lowest BCUT2D eigenvalue weighted by Crippen LogP contribution is -2.26. The minimum atomic E-state index is -2.76. The Kier molecular flexibility index (Phi) is 4.26. The van der Waals surface area contributed by atoms with Crippen molar-refractivity contribution in [3.8, 4) is 5.75 Å². The molecule has 1 amide bonds. The van der Waals surface area contributed by atoms with Crippen LogP contribution < -0.4 is 10.1 Å². The zero-order valence-electron chi connectivity index (χ0n) is 11.7. The van der Waals surface area contributed by atoms with Crippen LogP contribution in [0, 0.1) is 5.92 Å². The number of amides is 1. The molecule has 0 heterocycles. The molecule has 0 bridgehead atoms. The van der Waals surface area contributed by atoms with Crippen molar-refractivity contribution in [3.05, 3.63) is 29.8 Å². The third-order valence-electron chi connectivity index (χ3n) is 3.65. The Labute approximate surface area is 117 Å². The lowest BCUT2D eigenvalue weighted by Gasteiger charge is -2.04. The number of ether oxygens (including phenoxy) is 1. The summed E-state index contributed by atoms with van der Waals surface area (Å²) in [5, 5.41) is 2.58. The van der Waals surface area contributed by atoms with Crippen LogP contribution in [-0.2, 0) is 4.79 Å². The van der Waals surface area contributed by atoms with Gasteiger partial charge in [0.1, 0.15) is 5.75 Å². The van der Waals surface area contributed by atoms with Crippen LogP contribution in [0.25, 0.3) is 0 Å². The molecule has 1 fully saturated rings. The van der Waals surface area contributed by atoms with E-state index in [2.05, 4.69) is 5.32 Å². The van der Waals surface area contributed by atoms with Crippen LogP contribution in [0.15, 0.2) is 24.3 Å². The van der Waals surface area contributed by atoms with E-state index in [-0.39, 0.29) is 12.5 Å². The average molecular weight is 283 g/mol. The molecule has 0 spiro atoms. The van der Waals surface area contributed by atoms with E-state index in [1.807, 2.05) is 6.92 Å². The number of hydrogen-bond acceptors (Lipinski definition) is 2. The summed E-state index contributed by atoms with van der Waals surface area (Å²) in [6.07, 6.45) is 1.09. The Hall–Kier alpha value is -1.65. The van der Waals surface area contributed by atoms with Crippen molar-refractivity contribution < 1.29 is 18.3 Å². The van der Waals surface area contributed by atoms with E-state index in [1.54, 1.807) is 24.3 Å². The van der Waals surface area contributed by atoms with Crippen molar-refractivity contribution in [2.45, 2.75) is 31.6 Å². The van der Waals surface area contributed by atoms with Crippen molar-refractivity contribution >= 4 is 5.91 Å². The molecule has 1 aromatic rings. The molecule has 110 valence electrons. The standard InChI is InChI=1S/C15H19F2NO2/c1-3-5-13(19)18-9-12-14(15(12,16)17)10-6-4-7-11(8-10)20-2/h4,6-8,12,14H,3,5,9H2,1-2H3,(H,18,19). The minimum absolute atomic E-state index is 0.0215. The largest absolute Gasteiger partial charge is 0.497 e. The van der Waals surface area contributed by atoms with E-state index >= 15 is 0 Å². The first-order valence-corrected chi connectivity index (χ1v) is 6.79. The number of halogens is 2. The summed E-state index contributed by atoms with van der Waals surface area (Å²) in [5.41, 5.74) is 0.559. The second-order valence-electron chi connectivity index (χ2n) is 5.09. The molecule has 1 N–H and O–H groups in total. The normalized spacial score (nSPS) is 23.2. The molecular weight excluding hydrogens is 264 g/mol. The Morgan fingerprint density at radius 2 is 2.20 bits per heavy atom. The quantitative estimate of drug-likeness (QED) is 0.871. The fourth-order valence-electron chi connectivity index (χ4n) is 2.47. The second kappa shape index (κ2) is 5.77. The van der Waals surface area contributed by atoms with Gasteiger partial charge < -0.3 is 10.1 Å². The first kappa shape index (κ1) is 14.8. The number of benzene rings is 1. The van der Waals surface area contributed by atoms with Crippen molar-refractivity contribution in [2.24, 2.45) is 5.92 Å². The summed E-state index contributed by atoms with van der Waals surface area (Å²) >= 11 is 0. The van der Waals surface area contributed by atoms with Crippen molar-refractivity contribution in [3.63, 3.8) is 0 Å². The van der Waals surface area contributed by atoms with Crippen molar-refractivity contribution in [1.29, 1.82) is 0 Å². The first-order chi connectivity index (χ1) is 9.50. The van der Waals surface area contributed by atoms with Gasteiger partial charge in [0.05, 0.1) is 18.9 Å². The van der Waals surface area contributed by atoms with Gasteiger partial charge in [-0.15, -0.1) is 0 Å². The maximum absolute atomic E-state index is 13.8. The molecule has 0 saturated heterocycles. The number of nitrogens with one attached hydrogen (secondary N) is 1. The van der Waals surface area contributed by atoms with Gasteiger partial charge in [-0.1, -0.05) is 19.1 Å².